The molecule has 0 spiro atoms. The molecule has 0 aliphatic heterocycles. The fourth-order valence-electron chi connectivity index (χ4n) is 0.907. The van der Waals surface area contributed by atoms with Crippen LogP contribution in [0.2, 0.25) is 5.02 Å². The Morgan fingerprint density at radius 2 is 2.25 bits per heavy atom. The van der Waals surface area contributed by atoms with Gasteiger partial charge in [0.05, 0.1) is 11.0 Å². The highest BCUT2D eigenvalue weighted by atomic mass is 35.5. The largest absolute Gasteiger partial charge is 0.392 e. The molecule has 90 valence electrons. The average Bonchev–Trinajstić information content (AvgIpc) is 2.19. The number of aromatic amines is 1. The van der Waals surface area contributed by atoms with E-state index < -0.39 is 21.7 Å². The molecule has 0 aliphatic rings. The van der Waals surface area contributed by atoms with Gasteiger partial charge in [0.25, 0.3) is 5.56 Å². The van der Waals surface area contributed by atoms with Crippen molar-refractivity contribution in [2.45, 2.75) is 17.9 Å². The maximum Gasteiger partial charge on any atom is 0.266 e. The van der Waals surface area contributed by atoms with Gasteiger partial charge in [0.1, 0.15) is 5.02 Å². The number of hydrogen-bond acceptors (Lipinski definition) is 4. The van der Waals surface area contributed by atoms with Crippen LogP contribution in [-0.4, -0.2) is 31.2 Å². The summed E-state index contributed by atoms with van der Waals surface area (Å²) >= 11 is 5.50. The maximum atomic E-state index is 11.6. The summed E-state index contributed by atoms with van der Waals surface area (Å²) < 4.78 is 25.4. The molecule has 1 atom stereocenters. The third-order valence-corrected chi connectivity index (χ3v) is 3.39. The van der Waals surface area contributed by atoms with Gasteiger partial charge < -0.3 is 10.1 Å². The molecule has 6 nitrogen and oxygen atoms in total. The van der Waals surface area contributed by atoms with Gasteiger partial charge in [-0.3, -0.25) is 4.79 Å². The van der Waals surface area contributed by atoms with Gasteiger partial charge in [0.15, 0.2) is 0 Å². The van der Waals surface area contributed by atoms with E-state index in [0.29, 0.717) is 0 Å². The molecule has 3 N–H and O–H groups in total. The van der Waals surface area contributed by atoms with E-state index in [2.05, 4.69) is 9.71 Å². The molecule has 0 fully saturated rings. The fraction of sp³-hybridized carbons (Fsp3) is 0.375. The van der Waals surface area contributed by atoms with Gasteiger partial charge in [-0.1, -0.05) is 11.6 Å². The zero-order valence-corrected chi connectivity index (χ0v) is 9.97. The molecule has 8 heteroatoms. The number of rotatable bonds is 4. The number of pyridine rings is 1. The van der Waals surface area contributed by atoms with Gasteiger partial charge in [-0.2, -0.15) is 0 Å². The number of halogens is 1. The SMILES string of the molecule is CC(O)CNS(=O)(=O)c1c[nH]c(=O)c(Cl)c1. The molecule has 0 amide bonds. The zero-order valence-electron chi connectivity index (χ0n) is 8.40. The lowest BCUT2D eigenvalue weighted by Gasteiger charge is -2.08. The van der Waals surface area contributed by atoms with E-state index in [0.717, 1.165) is 12.3 Å². The van der Waals surface area contributed by atoms with E-state index in [1.807, 2.05) is 0 Å². The van der Waals surface area contributed by atoms with Crippen molar-refractivity contribution in [3.8, 4) is 0 Å². The van der Waals surface area contributed by atoms with Crippen molar-refractivity contribution >= 4 is 21.6 Å². The molecule has 0 aliphatic carbocycles. The number of aromatic nitrogens is 1. The number of sulfonamides is 1. The quantitative estimate of drug-likeness (QED) is 0.696. The summed E-state index contributed by atoms with van der Waals surface area (Å²) in [4.78, 5) is 13.0. The van der Waals surface area contributed by atoms with E-state index >= 15 is 0 Å². The Labute approximate surface area is 97.3 Å². The third kappa shape index (κ3) is 3.31. The highest BCUT2D eigenvalue weighted by Crippen LogP contribution is 2.09. The Morgan fingerprint density at radius 1 is 1.62 bits per heavy atom. The van der Waals surface area contributed by atoms with Crippen LogP contribution >= 0.6 is 11.6 Å². The number of hydrogen-bond donors (Lipinski definition) is 3. The molecule has 1 unspecified atom stereocenters. The number of nitrogens with one attached hydrogen (secondary N) is 2. The van der Waals surface area contributed by atoms with Crippen molar-refractivity contribution in [3.05, 3.63) is 27.6 Å². The van der Waals surface area contributed by atoms with Crippen LogP contribution in [0.4, 0.5) is 0 Å². The van der Waals surface area contributed by atoms with Crippen molar-refractivity contribution in [2.24, 2.45) is 0 Å². The first kappa shape index (κ1) is 13.2. The van der Waals surface area contributed by atoms with Gasteiger partial charge in [-0.05, 0) is 13.0 Å². The predicted octanol–water partition coefficient (Wildman–Crippen LogP) is -0.313. The molecule has 0 radical (unpaired) electrons. The molecular formula is C8H11ClN2O4S. The Morgan fingerprint density at radius 3 is 2.75 bits per heavy atom. The molecular weight excluding hydrogens is 256 g/mol. The third-order valence-electron chi connectivity index (χ3n) is 1.71. The lowest BCUT2D eigenvalue weighted by Crippen LogP contribution is -2.31. The second kappa shape index (κ2) is 4.96. The van der Waals surface area contributed by atoms with Gasteiger partial charge in [-0.15, -0.1) is 0 Å². The Bertz CT molecular complexity index is 523. The molecule has 16 heavy (non-hydrogen) atoms. The summed E-state index contributed by atoms with van der Waals surface area (Å²) in [6.07, 6.45) is 0.242. The normalized spacial score (nSPS) is 13.7. The molecule has 1 rings (SSSR count). The van der Waals surface area contributed by atoms with Gasteiger partial charge in [-0.25, -0.2) is 13.1 Å². The van der Waals surface area contributed by atoms with Crippen LogP contribution < -0.4 is 10.3 Å². The summed E-state index contributed by atoms with van der Waals surface area (Å²) in [5, 5.41) is 8.74. The number of aliphatic hydroxyl groups excluding tert-OH is 1. The van der Waals surface area contributed by atoms with E-state index in [1.54, 1.807) is 0 Å². The van der Waals surface area contributed by atoms with Crippen LogP contribution in [0.3, 0.4) is 0 Å². The van der Waals surface area contributed by atoms with Gasteiger partial charge in [0, 0.05) is 12.7 Å². The van der Waals surface area contributed by atoms with Crippen LogP contribution in [0.15, 0.2) is 22.0 Å². The summed E-state index contributed by atoms with van der Waals surface area (Å²) in [6, 6.07) is 1.05. The first-order valence-electron chi connectivity index (χ1n) is 4.39. The molecule has 0 bridgehead atoms. The number of aliphatic hydroxyl groups is 1. The molecule has 1 heterocycles. The van der Waals surface area contributed by atoms with Crippen molar-refractivity contribution in [3.63, 3.8) is 0 Å². The van der Waals surface area contributed by atoms with Crippen molar-refractivity contribution in [1.29, 1.82) is 0 Å². The minimum atomic E-state index is -3.76. The smallest absolute Gasteiger partial charge is 0.266 e. The minimum Gasteiger partial charge on any atom is -0.392 e. The second-order valence-corrected chi connectivity index (χ2v) is 5.39. The van der Waals surface area contributed by atoms with Crippen LogP contribution in [-0.2, 0) is 10.0 Å². The van der Waals surface area contributed by atoms with Crippen LogP contribution in [0.1, 0.15) is 6.92 Å². The summed E-state index contributed by atoms with van der Waals surface area (Å²) in [6.45, 7) is 1.33. The van der Waals surface area contributed by atoms with Crippen molar-refractivity contribution in [1.82, 2.24) is 9.71 Å². The fourth-order valence-corrected chi connectivity index (χ4v) is 2.26. The van der Waals surface area contributed by atoms with Crippen LogP contribution in [0.25, 0.3) is 0 Å². The summed E-state index contributed by atoms with van der Waals surface area (Å²) in [5.41, 5.74) is -0.559. The lowest BCUT2D eigenvalue weighted by atomic mass is 10.4. The van der Waals surface area contributed by atoms with Crippen LogP contribution in [0, 0.1) is 0 Å². The molecule has 0 saturated heterocycles. The van der Waals surface area contributed by atoms with E-state index in [-0.39, 0.29) is 16.5 Å². The molecule has 0 saturated carbocycles. The molecule has 1 aromatic heterocycles. The highest BCUT2D eigenvalue weighted by Gasteiger charge is 2.15. The van der Waals surface area contributed by atoms with Crippen molar-refractivity contribution < 1.29 is 13.5 Å². The Kier molecular flexibility index (Phi) is 4.09. The standard InChI is InChI=1S/C8H11ClN2O4S/c1-5(12)3-11-16(14,15)6-2-7(9)8(13)10-4-6/h2,4-5,11-12H,3H2,1H3,(H,10,13). The minimum absolute atomic E-state index is 0.112. The van der Waals surface area contributed by atoms with E-state index in [1.165, 1.54) is 6.92 Å². The average molecular weight is 267 g/mol. The van der Waals surface area contributed by atoms with E-state index in [4.69, 9.17) is 16.7 Å². The van der Waals surface area contributed by atoms with Gasteiger partial charge in [0.2, 0.25) is 10.0 Å². The molecule has 0 aromatic carbocycles. The zero-order chi connectivity index (χ0) is 12.3. The topological polar surface area (TPSA) is 99.3 Å². The Hall–Kier alpha value is -0.890. The van der Waals surface area contributed by atoms with E-state index in [9.17, 15) is 13.2 Å². The first-order valence-corrected chi connectivity index (χ1v) is 6.25. The first-order chi connectivity index (χ1) is 7.33. The summed E-state index contributed by atoms with van der Waals surface area (Å²) in [7, 11) is -3.76. The maximum absolute atomic E-state index is 11.6. The van der Waals surface area contributed by atoms with Crippen molar-refractivity contribution in [2.75, 3.05) is 6.54 Å². The monoisotopic (exact) mass is 266 g/mol. The predicted molar refractivity (Wildman–Crippen MR) is 58.9 cm³/mol. The summed E-state index contributed by atoms with van der Waals surface area (Å²) in [5.74, 6) is 0. The second-order valence-electron chi connectivity index (χ2n) is 3.21. The number of H-pyrrole nitrogens is 1. The van der Waals surface area contributed by atoms with Crippen LogP contribution in [0.5, 0.6) is 0 Å². The van der Waals surface area contributed by atoms with Gasteiger partial charge >= 0.3 is 0 Å². The molecule has 1 aromatic rings. The lowest BCUT2D eigenvalue weighted by molar-refractivity contribution is 0.198. The highest BCUT2D eigenvalue weighted by molar-refractivity contribution is 7.89. The Balaban J connectivity index is 2.99.